The quantitative estimate of drug-likeness (QED) is 0.755. The van der Waals surface area contributed by atoms with Crippen LogP contribution in [-0.2, 0) is 0 Å². The number of methoxy groups -OCH3 is 1. The second-order valence-electron chi connectivity index (χ2n) is 4.69. The summed E-state index contributed by atoms with van der Waals surface area (Å²) in [6.07, 6.45) is 0. The molecule has 1 unspecified atom stereocenters. The minimum Gasteiger partial charge on any atom is -0.496 e. The van der Waals surface area contributed by atoms with Gasteiger partial charge in [-0.2, -0.15) is 0 Å². The third kappa shape index (κ3) is 3.23. The zero-order valence-electron chi connectivity index (χ0n) is 11.7. The lowest BCUT2D eigenvalue weighted by Gasteiger charge is -2.19. The van der Waals surface area contributed by atoms with Crippen LogP contribution in [0.2, 0.25) is 0 Å². The van der Waals surface area contributed by atoms with Crippen molar-refractivity contribution in [3.05, 3.63) is 56.9 Å². The summed E-state index contributed by atoms with van der Waals surface area (Å²) in [7, 11) is 1.56. The molecule has 4 heteroatoms. The van der Waals surface area contributed by atoms with Gasteiger partial charge in [0.05, 0.1) is 18.7 Å². The second kappa shape index (κ2) is 6.43. The number of nitrogens with one attached hydrogen (secondary N) is 1. The molecule has 0 amide bonds. The van der Waals surface area contributed by atoms with Crippen molar-refractivity contribution < 1.29 is 9.13 Å². The van der Waals surface area contributed by atoms with Crippen LogP contribution in [0.1, 0.15) is 24.1 Å². The third-order valence-electron chi connectivity index (χ3n) is 3.22. The number of hydrogen-bond donors (Lipinski definition) is 1. The average molecular weight is 385 g/mol. The number of rotatable bonds is 4. The van der Waals surface area contributed by atoms with Crippen LogP contribution in [0.15, 0.2) is 36.4 Å². The van der Waals surface area contributed by atoms with Crippen molar-refractivity contribution in [3.63, 3.8) is 0 Å². The SMILES string of the molecule is COc1cccc(F)c1C(C)Nc1ccc(C)c(I)c1. The van der Waals surface area contributed by atoms with Crippen molar-refractivity contribution in [2.75, 3.05) is 12.4 Å². The molecule has 2 rings (SSSR count). The van der Waals surface area contributed by atoms with Crippen molar-refractivity contribution in [1.82, 2.24) is 0 Å². The van der Waals surface area contributed by atoms with Crippen molar-refractivity contribution in [1.29, 1.82) is 0 Å². The zero-order valence-corrected chi connectivity index (χ0v) is 13.9. The van der Waals surface area contributed by atoms with Gasteiger partial charge in [0, 0.05) is 9.26 Å². The van der Waals surface area contributed by atoms with Gasteiger partial charge in [0.15, 0.2) is 0 Å². The highest BCUT2D eigenvalue weighted by Gasteiger charge is 2.16. The van der Waals surface area contributed by atoms with Crippen LogP contribution >= 0.6 is 22.6 Å². The Balaban J connectivity index is 2.28. The normalized spacial score (nSPS) is 12.1. The summed E-state index contributed by atoms with van der Waals surface area (Å²) < 4.78 is 20.4. The minimum absolute atomic E-state index is 0.176. The van der Waals surface area contributed by atoms with Gasteiger partial charge in [-0.25, -0.2) is 4.39 Å². The number of halogens is 2. The molecule has 0 fully saturated rings. The number of anilines is 1. The van der Waals surface area contributed by atoms with Gasteiger partial charge in [-0.15, -0.1) is 0 Å². The topological polar surface area (TPSA) is 21.3 Å². The maximum absolute atomic E-state index is 14.0. The zero-order chi connectivity index (χ0) is 14.7. The lowest BCUT2D eigenvalue weighted by molar-refractivity contribution is 0.402. The first-order chi connectivity index (χ1) is 9.52. The second-order valence-corrected chi connectivity index (χ2v) is 5.85. The Morgan fingerprint density at radius 1 is 1.25 bits per heavy atom. The van der Waals surface area contributed by atoms with E-state index in [4.69, 9.17) is 4.74 Å². The molecule has 0 heterocycles. The molecule has 0 aromatic heterocycles. The first-order valence-electron chi connectivity index (χ1n) is 6.38. The Hall–Kier alpha value is -1.30. The predicted molar refractivity (Wildman–Crippen MR) is 88.9 cm³/mol. The van der Waals surface area contributed by atoms with E-state index in [0.29, 0.717) is 11.3 Å². The Kier molecular flexibility index (Phi) is 4.86. The number of aryl methyl sites for hydroxylation is 1. The molecule has 1 N–H and O–H groups in total. The monoisotopic (exact) mass is 385 g/mol. The highest BCUT2D eigenvalue weighted by molar-refractivity contribution is 14.1. The van der Waals surface area contributed by atoms with Crippen molar-refractivity contribution in [3.8, 4) is 5.75 Å². The van der Waals surface area contributed by atoms with Crippen molar-refractivity contribution in [2.24, 2.45) is 0 Å². The fraction of sp³-hybridized carbons (Fsp3) is 0.250. The average Bonchev–Trinajstić information content (AvgIpc) is 2.42. The molecule has 0 saturated carbocycles. The molecular formula is C16H17FINO. The maximum atomic E-state index is 14.0. The fourth-order valence-electron chi connectivity index (χ4n) is 2.12. The summed E-state index contributed by atoms with van der Waals surface area (Å²) in [5.74, 6) is 0.304. The van der Waals surface area contributed by atoms with E-state index in [1.807, 2.05) is 13.0 Å². The Bertz CT molecular complexity index is 615. The summed E-state index contributed by atoms with van der Waals surface area (Å²) in [5.41, 5.74) is 2.75. The van der Waals surface area contributed by atoms with Gasteiger partial charge in [0.2, 0.25) is 0 Å². The molecule has 2 aromatic carbocycles. The van der Waals surface area contributed by atoms with Gasteiger partial charge in [-0.1, -0.05) is 12.1 Å². The summed E-state index contributed by atoms with van der Waals surface area (Å²) in [6, 6.07) is 10.8. The van der Waals surface area contributed by atoms with E-state index in [9.17, 15) is 4.39 Å². The number of ether oxygens (including phenoxy) is 1. The highest BCUT2D eigenvalue weighted by Crippen LogP contribution is 2.30. The van der Waals surface area contributed by atoms with Gasteiger partial charge in [0.1, 0.15) is 11.6 Å². The van der Waals surface area contributed by atoms with E-state index in [0.717, 1.165) is 5.69 Å². The first kappa shape index (κ1) is 15.1. The molecule has 0 spiro atoms. The minimum atomic E-state index is -0.258. The molecule has 0 aliphatic heterocycles. The molecule has 0 aliphatic carbocycles. The van der Waals surface area contributed by atoms with Gasteiger partial charge in [-0.3, -0.25) is 0 Å². The predicted octanol–water partition coefficient (Wildman–Crippen LogP) is 4.92. The molecule has 0 saturated heterocycles. The van der Waals surface area contributed by atoms with Gasteiger partial charge in [-0.05, 0) is 66.3 Å². The van der Waals surface area contributed by atoms with E-state index in [1.54, 1.807) is 19.2 Å². The Morgan fingerprint density at radius 2 is 2.00 bits per heavy atom. The summed E-state index contributed by atoms with van der Waals surface area (Å²) in [4.78, 5) is 0. The summed E-state index contributed by atoms with van der Waals surface area (Å²) in [6.45, 7) is 3.99. The molecule has 0 aliphatic rings. The summed E-state index contributed by atoms with van der Waals surface area (Å²) >= 11 is 2.29. The van der Waals surface area contributed by atoms with Crippen LogP contribution in [0.3, 0.4) is 0 Å². The van der Waals surface area contributed by atoms with E-state index >= 15 is 0 Å². The lowest BCUT2D eigenvalue weighted by Crippen LogP contribution is -2.10. The van der Waals surface area contributed by atoms with Crippen molar-refractivity contribution in [2.45, 2.75) is 19.9 Å². The van der Waals surface area contributed by atoms with Gasteiger partial charge >= 0.3 is 0 Å². The van der Waals surface area contributed by atoms with Crippen LogP contribution in [0.25, 0.3) is 0 Å². The molecule has 106 valence electrons. The number of benzene rings is 2. The highest BCUT2D eigenvalue weighted by atomic mass is 127. The molecule has 20 heavy (non-hydrogen) atoms. The third-order valence-corrected chi connectivity index (χ3v) is 4.38. The molecule has 2 aromatic rings. The Labute approximate surface area is 132 Å². The van der Waals surface area contributed by atoms with E-state index < -0.39 is 0 Å². The molecule has 0 radical (unpaired) electrons. The summed E-state index contributed by atoms with van der Waals surface area (Å²) in [5, 5.41) is 3.32. The smallest absolute Gasteiger partial charge is 0.132 e. The maximum Gasteiger partial charge on any atom is 0.132 e. The van der Waals surface area contributed by atoms with Crippen LogP contribution in [0.5, 0.6) is 5.75 Å². The lowest BCUT2D eigenvalue weighted by atomic mass is 10.1. The molecule has 0 bridgehead atoms. The molecule has 1 atom stereocenters. The van der Waals surface area contributed by atoms with E-state index in [2.05, 4.69) is 47.0 Å². The van der Waals surface area contributed by atoms with Gasteiger partial charge in [0.25, 0.3) is 0 Å². The molecular weight excluding hydrogens is 368 g/mol. The van der Waals surface area contributed by atoms with Crippen LogP contribution in [-0.4, -0.2) is 7.11 Å². The van der Waals surface area contributed by atoms with Crippen LogP contribution in [0.4, 0.5) is 10.1 Å². The van der Waals surface area contributed by atoms with E-state index in [1.165, 1.54) is 15.2 Å². The largest absolute Gasteiger partial charge is 0.496 e. The Morgan fingerprint density at radius 3 is 2.65 bits per heavy atom. The van der Waals surface area contributed by atoms with Crippen LogP contribution < -0.4 is 10.1 Å². The molecule has 2 nitrogen and oxygen atoms in total. The van der Waals surface area contributed by atoms with E-state index in [-0.39, 0.29) is 11.9 Å². The number of hydrogen-bond acceptors (Lipinski definition) is 2. The fourth-order valence-corrected chi connectivity index (χ4v) is 2.64. The standard InChI is InChI=1S/C16H17FINO/c1-10-7-8-12(9-14(10)18)19-11(2)16-13(17)5-4-6-15(16)20-3/h4-9,11,19H,1-3H3. The van der Waals surface area contributed by atoms with Crippen molar-refractivity contribution >= 4 is 28.3 Å². The first-order valence-corrected chi connectivity index (χ1v) is 7.46. The van der Waals surface area contributed by atoms with Gasteiger partial charge < -0.3 is 10.1 Å². The van der Waals surface area contributed by atoms with Crippen LogP contribution in [0, 0.1) is 16.3 Å².